The molecule has 7 nitrogen and oxygen atoms in total. The summed E-state index contributed by atoms with van der Waals surface area (Å²) >= 11 is 0. The Morgan fingerprint density at radius 3 is 2.83 bits per heavy atom. The summed E-state index contributed by atoms with van der Waals surface area (Å²) in [5.74, 6) is 0.0695. The molecule has 1 heterocycles. The highest BCUT2D eigenvalue weighted by Crippen LogP contribution is 1.82. The number of aromatic nitrogens is 3. The van der Waals surface area contributed by atoms with E-state index in [0.29, 0.717) is 13.1 Å². The van der Waals surface area contributed by atoms with E-state index in [1.54, 1.807) is 0 Å². The summed E-state index contributed by atoms with van der Waals surface area (Å²) in [7, 11) is 0. The summed E-state index contributed by atoms with van der Waals surface area (Å²) in [5, 5.41) is 8.19. The first-order valence-corrected chi connectivity index (χ1v) is 3.37. The van der Waals surface area contributed by atoms with Crippen molar-refractivity contribution in [2.75, 3.05) is 18.4 Å². The van der Waals surface area contributed by atoms with E-state index in [-0.39, 0.29) is 5.82 Å². The highest BCUT2D eigenvalue weighted by Gasteiger charge is 1.98. The molecule has 0 bridgehead atoms. The van der Waals surface area contributed by atoms with Crippen molar-refractivity contribution in [3.05, 3.63) is 20.8 Å². The molecule has 7 heteroatoms. The molecule has 0 aliphatic carbocycles. The third-order valence-electron chi connectivity index (χ3n) is 1.15. The average Bonchev–Trinajstić information content (AvgIpc) is 2.03. The normalized spacial score (nSPS) is 9.75. The second-order valence-electron chi connectivity index (χ2n) is 2.07. The fraction of sp³-hybridized carbons (Fsp3) is 0.400. The average molecular weight is 171 g/mol. The maximum atomic E-state index is 10.9. The fourth-order valence-electron chi connectivity index (χ4n) is 0.658. The van der Waals surface area contributed by atoms with Crippen LogP contribution in [0.15, 0.2) is 9.59 Å². The van der Waals surface area contributed by atoms with Gasteiger partial charge in [0.15, 0.2) is 0 Å². The molecule has 0 unspecified atom stereocenters. The standard InChI is InChI=1S/C5H9N5O2/c6-1-2-7-3-4(11)8-5(12)10-9-3/h1-2,6H2,(H,7,9)(H2,8,10,11,12). The summed E-state index contributed by atoms with van der Waals surface area (Å²) in [5.41, 5.74) is 4.01. The Hall–Kier alpha value is -1.63. The third kappa shape index (κ3) is 1.92. The highest BCUT2D eigenvalue weighted by atomic mass is 16.2. The van der Waals surface area contributed by atoms with Crippen LogP contribution in [0.4, 0.5) is 5.82 Å². The zero-order valence-corrected chi connectivity index (χ0v) is 6.26. The van der Waals surface area contributed by atoms with Gasteiger partial charge in [-0.1, -0.05) is 0 Å². The van der Waals surface area contributed by atoms with Crippen LogP contribution >= 0.6 is 0 Å². The second-order valence-corrected chi connectivity index (χ2v) is 2.07. The van der Waals surface area contributed by atoms with E-state index in [9.17, 15) is 9.59 Å². The Kier molecular flexibility index (Phi) is 2.59. The lowest BCUT2D eigenvalue weighted by molar-refractivity contribution is 0.878. The lowest BCUT2D eigenvalue weighted by Crippen LogP contribution is -2.28. The quantitative estimate of drug-likeness (QED) is 0.413. The van der Waals surface area contributed by atoms with Crippen LogP contribution in [0.1, 0.15) is 0 Å². The highest BCUT2D eigenvalue weighted by molar-refractivity contribution is 5.28. The van der Waals surface area contributed by atoms with Crippen LogP contribution in [-0.2, 0) is 0 Å². The number of nitrogens with zero attached hydrogens (tertiary/aromatic N) is 1. The Bertz CT molecular complexity index is 353. The smallest absolute Gasteiger partial charge is 0.342 e. The van der Waals surface area contributed by atoms with Gasteiger partial charge in [-0.3, -0.25) is 9.78 Å². The SMILES string of the molecule is NCCNc1n[nH]c(=O)[nH]c1=O. The molecule has 0 fully saturated rings. The third-order valence-corrected chi connectivity index (χ3v) is 1.15. The Morgan fingerprint density at radius 1 is 1.50 bits per heavy atom. The predicted molar refractivity (Wildman–Crippen MR) is 43.0 cm³/mol. The van der Waals surface area contributed by atoms with Gasteiger partial charge in [0.05, 0.1) is 0 Å². The molecule has 1 aromatic heterocycles. The number of nitrogens with two attached hydrogens (primary N) is 1. The van der Waals surface area contributed by atoms with Gasteiger partial charge in [0, 0.05) is 13.1 Å². The van der Waals surface area contributed by atoms with Crippen molar-refractivity contribution in [3.8, 4) is 0 Å². The van der Waals surface area contributed by atoms with Gasteiger partial charge in [-0.05, 0) is 0 Å². The van der Waals surface area contributed by atoms with Crippen LogP contribution in [0.5, 0.6) is 0 Å². The van der Waals surface area contributed by atoms with E-state index in [1.165, 1.54) is 0 Å². The molecule has 66 valence electrons. The largest absolute Gasteiger partial charge is 0.363 e. The predicted octanol–water partition coefficient (Wildman–Crippen LogP) is -2.17. The number of nitrogens with one attached hydrogen (secondary N) is 3. The minimum Gasteiger partial charge on any atom is -0.363 e. The number of hydrogen-bond donors (Lipinski definition) is 4. The number of anilines is 1. The molecule has 0 spiro atoms. The van der Waals surface area contributed by atoms with Gasteiger partial charge in [0.1, 0.15) is 0 Å². The molecule has 0 radical (unpaired) electrons. The Balaban J connectivity index is 2.87. The minimum atomic E-state index is -0.627. The van der Waals surface area contributed by atoms with Crippen LogP contribution in [-0.4, -0.2) is 28.3 Å². The van der Waals surface area contributed by atoms with Gasteiger partial charge >= 0.3 is 5.69 Å². The van der Waals surface area contributed by atoms with Gasteiger partial charge in [0.2, 0.25) is 5.82 Å². The van der Waals surface area contributed by atoms with Crippen LogP contribution in [0.2, 0.25) is 0 Å². The number of hydrogen-bond acceptors (Lipinski definition) is 5. The van der Waals surface area contributed by atoms with Gasteiger partial charge in [-0.2, -0.15) is 0 Å². The van der Waals surface area contributed by atoms with E-state index < -0.39 is 11.2 Å². The molecule has 12 heavy (non-hydrogen) atoms. The molecule has 0 amide bonds. The summed E-state index contributed by atoms with van der Waals surface area (Å²) < 4.78 is 0. The maximum Gasteiger partial charge on any atom is 0.342 e. The fourth-order valence-corrected chi connectivity index (χ4v) is 0.658. The molecule has 1 aromatic rings. The van der Waals surface area contributed by atoms with Crippen molar-refractivity contribution in [2.45, 2.75) is 0 Å². The lowest BCUT2D eigenvalue weighted by atomic mass is 10.6. The first-order chi connectivity index (χ1) is 5.74. The van der Waals surface area contributed by atoms with E-state index in [4.69, 9.17) is 5.73 Å². The molecule has 1 rings (SSSR count). The molecule has 5 N–H and O–H groups in total. The Labute approximate surface area is 67.0 Å². The number of H-pyrrole nitrogens is 2. The van der Waals surface area contributed by atoms with E-state index >= 15 is 0 Å². The second kappa shape index (κ2) is 3.67. The number of rotatable bonds is 3. The zero-order valence-electron chi connectivity index (χ0n) is 6.26. The van der Waals surface area contributed by atoms with Gasteiger partial charge in [-0.15, -0.1) is 5.10 Å². The van der Waals surface area contributed by atoms with Crippen LogP contribution in [0.25, 0.3) is 0 Å². The summed E-state index contributed by atoms with van der Waals surface area (Å²) in [6.45, 7) is 0.822. The molecule has 0 atom stereocenters. The molecule has 0 aromatic carbocycles. The lowest BCUT2D eigenvalue weighted by Gasteiger charge is -1.99. The monoisotopic (exact) mass is 171 g/mol. The van der Waals surface area contributed by atoms with Gasteiger partial charge in [0.25, 0.3) is 5.56 Å². The van der Waals surface area contributed by atoms with E-state index in [0.717, 1.165) is 0 Å². The van der Waals surface area contributed by atoms with Crippen LogP contribution in [0, 0.1) is 0 Å². The van der Waals surface area contributed by atoms with Crippen LogP contribution in [0.3, 0.4) is 0 Å². The van der Waals surface area contributed by atoms with Gasteiger partial charge in [-0.25, -0.2) is 9.89 Å². The molecule has 0 aliphatic rings. The summed E-state index contributed by atoms with van der Waals surface area (Å²) in [6, 6.07) is 0. The van der Waals surface area contributed by atoms with Crippen molar-refractivity contribution < 1.29 is 0 Å². The topological polar surface area (TPSA) is 117 Å². The van der Waals surface area contributed by atoms with Crippen molar-refractivity contribution in [1.82, 2.24) is 15.2 Å². The van der Waals surface area contributed by atoms with Crippen LogP contribution < -0.4 is 22.3 Å². The van der Waals surface area contributed by atoms with Crippen molar-refractivity contribution in [3.63, 3.8) is 0 Å². The molecular formula is C5H9N5O2. The first-order valence-electron chi connectivity index (χ1n) is 3.37. The molecular weight excluding hydrogens is 162 g/mol. The van der Waals surface area contributed by atoms with Crippen molar-refractivity contribution in [2.24, 2.45) is 5.73 Å². The van der Waals surface area contributed by atoms with E-state index in [1.807, 2.05) is 4.98 Å². The molecule has 0 saturated carbocycles. The minimum absolute atomic E-state index is 0.0695. The van der Waals surface area contributed by atoms with Crippen molar-refractivity contribution >= 4 is 5.82 Å². The Morgan fingerprint density at radius 2 is 2.25 bits per heavy atom. The van der Waals surface area contributed by atoms with Gasteiger partial charge < -0.3 is 11.1 Å². The van der Waals surface area contributed by atoms with Crippen molar-refractivity contribution in [1.29, 1.82) is 0 Å². The van der Waals surface area contributed by atoms with E-state index in [2.05, 4.69) is 15.5 Å². The zero-order chi connectivity index (χ0) is 8.97. The summed E-state index contributed by atoms with van der Waals surface area (Å²) in [6.07, 6.45) is 0. The maximum absolute atomic E-state index is 10.9. The summed E-state index contributed by atoms with van der Waals surface area (Å²) in [4.78, 5) is 23.4. The number of aromatic amines is 2. The first kappa shape index (κ1) is 8.47. The molecule has 0 saturated heterocycles. The molecule has 0 aliphatic heterocycles.